The van der Waals surface area contributed by atoms with E-state index in [9.17, 15) is 14.0 Å². The zero-order chi connectivity index (χ0) is 18.4. The number of piperidine rings is 1. The van der Waals surface area contributed by atoms with Gasteiger partial charge in [0.1, 0.15) is 5.82 Å². The van der Waals surface area contributed by atoms with E-state index in [2.05, 4.69) is 5.32 Å². The van der Waals surface area contributed by atoms with Gasteiger partial charge in [-0.15, -0.1) is 0 Å². The molecule has 0 bridgehead atoms. The fraction of sp³-hybridized carbons (Fsp3) is 0.600. The number of benzene rings is 1. The Balaban J connectivity index is 1.89. The van der Waals surface area contributed by atoms with Crippen LogP contribution in [0.3, 0.4) is 0 Å². The summed E-state index contributed by atoms with van der Waals surface area (Å²) in [6, 6.07) is 6.48. The van der Waals surface area contributed by atoms with E-state index in [-0.39, 0.29) is 35.5 Å². The summed E-state index contributed by atoms with van der Waals surface area (Å²) >= 11 is 0. The minimum absolute atomic E-state index is 0.00166. The van der Waals surface area contributed by atoms with Gasteiger partial charge in [0.2, 0.25) is 11.8 Å². The Morgan fingerprint density at radius 2 is 2.04 bits per heavy atom. The van der Waals surface area contributed by atoms with Gasteiger partial charge < -0.3 is 10.2 Å². The van der Waals surface area contributed by atoms with E-state index in [0.717, 1.165) is 25.8 Å². The number of amides is 2. The Morgan fingerprint density at radius 1 is 1.32 bits per heavy atom. The van der Waals surface area contributed by atoms with Crippen molar-refractivity contribution in [3.8, 4) is 0 Å². The summed E-state index contributed by atoms with van der Waals surface area (Å²) in [5, 5.41) is 2.98. The van der Waals surface area contributed by atoms with Gasteiger partial charge in [0, 0.05) is 25.0 Å². The Morgan fingerprint density at radius 3 is 2.72 bits per heavy atom. The normalized spacial score (nSPS) is 20.0. The predicted octanol–water partition coefficient (Wildman–Crippen LogP) is 3.16. The SMILES string of the molecule is CC[C@H](C)C(=O)N1CCC[C@@H](C(=O)N[C@@H](C)Cc2ccccc2F)C1. The lowest BCUT2D eigenvalue weighted by molar-refractivity contribution is -0.139. The van der Waals surface area contributed by atoms with Crippen LogP contribution in [0.15, 0.2) is 24.3 Å². The van der Waals surface area contributed by atoms with Crippen LogP contribution in [0.2, 0.25) is 0 Å². The molecule has 4 nitrogen and oxygen atoms in total. The molecule has 138 valence electrons. The highest BCUT2D eigenvalue weighted by molar-refractivity contribution is 5.82. The average molecular weight is 348 g/mol. The summed E-state index contributed by atoms with van der Waals surface area (Å²) < 4.78 is 13.7. The third kappa shape index (κ3) is 5.28. The van der Waals surface area contributed by atoms with E-state index in [1.807, 2.05) is 25.7 Å². The van der Waals surface area contributed by atoms with E-state index < -0.39 is 0 Å². The van der Waals surface area contributed by atoms with E-state index in [1.54, 1.807) is 18.2 Å². The van der Waals surface area contributed by atoms with Crippen molar-refractivity contribution in [2.24, 2.45) is 11.8 Å². The van der Waals surface area contributed by atoms with Crippen LogP contribution in [-0.2, 0) is 16.0 Å². The first-order valence-electron chi connectivity index (χ1n) is 9.25. The molecule has 0 saturated carbocycles. The molecule has 1 aromatic carbocycles. The van der Waals surface area contributed by atoms with Crippen molar-refractivity contribution in [2.45, 2.75) is 52.5 Å². The summed E-state index contributed by atoms with van der Waals surface area (Å²) in [6.45, 7) is 7.04. The third-order valence-corrected chi connectivity index (χ3v) is 5.01. The summed E-state index contributed by atoms with van der Waals surface area (Å²) in [4.78, 5) is 26.7. The molecule has 1 N–H and O–H groups in total. The Hall–Kier alpha value is -1.91. The second-order valence-electron chi connectivity index (χ2n) is 7.14. The molecule has 0 spiro atoms. The van der Waals surface area contributed by atoms with Crippen molar-refractivity contribution >= 4 is 11.8 Å². The first-order chi connectivity index (χ1) is 11.9. The molecule has 2 amide bonds. The minimum Gasteiger partial charge on any atom is -0.353 e. The standard InChI is InChI=1S/C20H29FN2O2/c1-4-14(2)20(25)23-11-7-9-17(13-23)19(24)22-15(3)12-16-8-5-6-10-18(16)21/h5-6,8,10,14-15,17H,4,7,9,11-13H2,1-3H3,(H,22,24)/t14-,15-,17+/m0/s1. The Labute approximate surface area is 149 Å². The number of nitrogens with zero attached hydrogens (tertiary/aromatic N) is 1. The Kier molecular flexibility index (Phi) is 6.97. The van der Waals surface area contributed by atoms with Crippen molar-refractivity contribution in [3.05, 3.63) is 35.6 Å². The van der Waals surface area contributed by atoms with Gasteiger partial charge in [-0.05, 0) is 44.2 Å². The van der Waals surface area contributed by atoms with Gasteiger partial charge in [-0.25, -0.2) is 4.39 Å². The molecule has 0 aliphatic carbocycles. The fourth-order valence-corrected chi connectivity index (χ4v) is 3.28. The number of hydrogen-bond donors (Lipinski definition) is 1. The van der Waals surface area contributed by atoms with Crippen LogP contribution >= 0.6 is 0 Å². The summed E-state index contributed by atoms with van der Waals surface area (Å²) in [5.41, 5.74) is 0.604. The van der Waals surface area contributed by atoms with Gasteiger partial charge in [0.15, 0.2) is 0 Å². The lowest BCUT2D eigenvalue weighted by Crippen LogP contribution is -2.48. The Bertz CT molecular complexity index is 605. The molecule has 3 atom stereocenters. The molecule has 0 aromatic heterocycles. The summed E-state index contributed by atoms with van der Waals surface area (Å²) in [7, 11) is 0. The second-order valence-corrected chi connectivity index (χ2v) is 7.14. The van der Waals surface area contributed by atoms with Gasteiger partial charge in [0.05, 0.1) is 5.92 Å². The lowest BCUT2D eigenvalue weighted by atomic mass is 9.95. The van der Waals surface area contributed by atoms with Crippen LogP contribution < -0.4 is 5.32 Å². The van der Waals surface area contributed by atoms with Crippen LogP contribution in [0, 0.1) is 17.7 Å². The molecule has 1 aliphatic rings. The van der Waals surface area contributed by atoms with Crippen molar-refractivity contribution in [1.82, 2.24) is 10.2 Å². The molecular weight excluding hydrogens is 319 g/mol. The number of nitrogens with one attached hydrogen (secondary N) is 1. The highest BCUT2D eigenvalue weighted by Gasteiger charge is 2.30. The first kappa shape index (κ1) is 19.4. The van der Waals surface area contributed by atoms with Crippen LogP contribution in [0.25, 0.3) is 0 Å². The zero-order valence-electron chi connectivity index (χ0n) is 15.4. The summed E-state index contributed by atoms with van der Waals surface area (Å²) in [5.74, 6) is -0.317. The molecule has 5 heteroatoms. The van der Waals surface area contributed by atoms with Gasteiger partial charge in [-0.2, -0.15) is 0 Å². The molecule has 1 saturated heterocycles. The van der Waals surface area contributed by atoms with Crippen LogP contribution in [0.5, 0.6) is 0 Å². The maximum Gasteiger partial charge on any atom is 0.225 e. The van der Waals surface area contributed by atoms with Crippen molar-refractivity contribution in [1.29, 1.82) is 0 Å². The van der Waals surface area contributed by atoms with E-state index >= 15 is 0 Å². The van der Waals surface area contributed by atoms with Gasteiger partial charge in [-0.3, -0.25) is 9.59 Å². The smallest absolute Gasteiger partial charge is 0.225 e. The van der Waals surface area contributed by atoms with E-state index in [4.69, 9.17) is 0 Å². The predicted molar refractivity (Wildman–Crippen MR) is 96.5 cm³/mol. The molecule has 1 fully saturated rings. The lowest BCUT2D eigenvalue weighted by Gasteiger charge is -2.34. The number of carbonyl (C=O) groups is 2. The monoisotopic (exact) mass is 348 g/mol. The topological polar surface area (TPSA) is 49.4 Å². The maximum absolute atomic E-state index is 13.7. The quantitative estimate of drug-likeness (QED) is 0.858. The number of halogens is 1. The first-order valence-corrected chi connectivity index (χ1v) is 9.25. The minimum atomic E-state index is -0.244. The summed E-state index contributed by atoms with van der Waals surface area (Å²) in [6.07, 6.45) is 2.91. The van der Waals surface area contributed by atoms with Crippen LogP contribution in [-0.4, -0.2) is 35.8 Å². The van der Waals surface area contributed by atoms with Gasteiger partial charge >= 0.3 is 0 Å². The number of rotatable bonds is 6. The number of carbonyl (C=O) groups excluding carboxylic acids is 2. The fourth-order valence-electron chi connectivity index (χ4n) is 3.28. The van der Waals surface area contributed by atoms with Crippen molar-refractivity contribution in [3.63, 3.8) is 0 Å². The third-order valence-electron chi connectivity index (χ3n) is 5.01. The molecule has 1 aliphatic heterocycles. The van der Waals surface area contributed by atoms with Crippen molar-refractivity contribution in [2.75, 3.05) is 13.1 Å². The highest BCUT2D eigenvalue weighted by Crippen LogP contribution is 2.20. The van der Waals surface area contributed by atoms with E-state index in [1.165, 1.54) is 6.07 Å². The van der Waals surface area contributed by atoms with Crippen LogP contribution in [0.4, 0.5) is 4.39 Å². The molecule has 0 radical (unpaired) electrons. The molecule has 1 heterocycles. The zero-order valence-corrected chi connectivity index (χ0v) is 15.4. The molecule has 25 heavy (non-hydrogen) atoms. The van der Waals surface area contributed by atoms with Crippen molar-refractivity contribution < 1.29 is 14.0 Å². The maximum atomic E-state index is 13.7. The van der Waals surface area contributed by atoms with Gasteiger partial charge in [0.25, 0.3) is 0 Å². The van der Waals surface area contributed by atoms with Gasteiger partial charge in [-0.1, -0.05) is 32.0 Å². The average Bonchev–Trinajstić information content (AvgIpc) is 2.62. The molecule has 0 unspecified atom stereocenters. The number of likely N-dealkylation sites (tertiary alicyclic amines) is 1. The molecular formula is C20H29FN2O2. The van der Waals surface area contributed by atoms with E-state index in [0.29, 0.717) is 18.5 Å². The second kappa shape index (κ2) is 8.97. The molecule has 1 aromatic rings. The molecule has 2 rings (SSSR count). The largest absolute Gasteiger partial charge is 0.353 e. The van der Waals surface area contributed by atoms with Crippen LogP contribution in [0.1, 0.15) is 45.6 Å². The highest BCUT2D eigenvalue weighted by atomic mass is 19.1. The number of hydrogen-bond acceptors (Lipinski definition) is 2.